The first kappa shape index (κ1) is 13.4. The number of nitro groups is 1. The molecule has 0 aromatic heterocycles. The van der Waals surface area contributed by atoms with E-state index in [9.17, 15) is 10.1 Å². The normalized spacial score (nSPS) is 10.4. The van der Waals surface area contributed by atoms with Crippen molar-refractivity contribution in [3.8, 4) is 0 Å². The fourth-order valence-electron chi connectivity index (χ4n) is 1.74. The first-order chi connectivity index (χ1) is 9.06. The second kappa shape index (κ2) is 5.75. The zero-order chi connectivity index (χ0) is 13.8. The van der Waals surface area contributed by atoms with Crippen molar-refractivity contribution in [1.82, 2.24) is 0 Å². The van der Waals surface area contributed by atoms with Crippen LogP contribution in [0, 0.1) is 17.0 Å². The molecule has 2 aromatic rings. The zero-order valence-corrected chi connectivity index (χ0v) is 11.3. The molecule has 2 aromatic carbocycles. The SMILES string of the molecule is Cc1cccc(CSc2ccc([N+](=O)[O-])cc2N)c1. The summed E-state index contributed by atoms with van der Waals surface area (Å²) in [5.41, 5.74) is 8.73. The Kier molecular flexibility index (Phi) is 4.06. The summed E-state index contributed by atoms with van der Waals surface area (Å²) in [5.74, 6) is 0.795. The lowest BCUT2D eigenvalue weighted by Crippen LogP contribution is -1.93. The van der Waals surface area contributed by atoms with Gasteiger partial charge in [-0.3, -0.25) is 10.1 Å². The van der Waals surface area contributed by atoms with Gasteiger partial charge < -0.3 is 5.73 Å². The van der Waals surface area contributed by atoms with E-state index in [1.165, 1.54) is 23.3 Å². The zero-order valence-electron chi connectivity index (χ0n) is 10.5. The topological polar surface area (TPSA) is 69.2 Å². The molecule has 19 heavy (non-hydrogen) atoms. The van der Waals surface area contributed by atoms with E-state index in [4.69, 9.17) is 5.73 Å². The quantitative estimate of drug-likeness (QED) is 0.399. The largest absolute Gasteiger partial charge is 0.398 e. The van der Waals surface area contributed by atoms with Gasteiger partial charge in [-0.1, -0.05) is 29.8 Å². The third-order valence-electron chi connectivity index (χ3n) is 2.68. The number of hydrogen-bond acceptors (Lipinski definition) is 4. The summed E-state index contributed by atoms with van der Waals surface area (Å²) in [5, 5.41) is 10.6. The van der Waals surface area contributed by atoms with E-state index >= 15 is 0 Å². The molecule has 0 unspecified atom stereocenters. The Balaban J connectivity index is 2.10. The molecule has 2 rings (SSSR count). The molecule has 98 valence electrons. The van der Waals surface area contributed by atoms with Crippen molar-refractivity contribution in [2.75, 3.05) is 5.73 Å². The number of nitrogens with zero attached hydrogens (tertiary/aromatic N) is 1. The van der Waals surface area contributed by atoms with Crippen molar-refractivity contribution in [2.45, 2.75) is 17.6 Å². The fourth-order valence-corrected chi connectivity index (χ4v) is 2.64. The van der Waals surface area contributed by atoms with E-state index in [2.05, 4.69) is 25.1 Å². The molecule has 0 atom stereocenters. The lowest BCUT2D eigenvalue weighted by Gasteiger charge is -2.06. The summed E-state index contributed by atoms with van der Waals surface area (Å²) in [6.45, 7) is 2.05. The number of non-ortho nitro benzene ring substituents is 1. The molecule has 0 radical (unpaired) electrons. The van der Waals surface area contributed by atoms with Crippen LogP contribution in [0.4, 0.5) is 11.4 Å². The Morgan fingerprint density at radius 1 is 1.26 bits per heavy atom. The van der Waals surface area contributed by atoms with Crippen molar-refractivity contribution in [3.63, 3.8) is 0 Å². The molecule has 0 heterocycles. The average molecular weight is 274 g/mol. The number of benzene rings is 2. The Bertz CT molecular complexity index is 614. The lowest BCUT2D eigenvalue weighted by atomic mass is 10.2. The van der Waals surface area contributed by atoms with Crippen LogP contribution in [0.15, 0.2) is 47.4 Å². The third kappa shape index (κ3) is 3.48. The summed E-state index contributed by atoms with van der Waals surface area (Å²) >= 11 is 1.58. The van der Waals surface area contributed by atoms with E-state index in [1.54, 1.807) is 17.8 Å². The van der Waals surface area contributed by atoms with Crippen LogP contribution in [0.5, 0.6) is 0 Å². The van der Waals surface area contributed by atoms with Gasteiger partial charge in [0.15, 0.2) is 0 Å². The van der Waals surface area contributed by atoms with Gasteiger partial charge in [0.25, 0.3) is 5.69 Å². The molecule has 0 aliphatic rings. The average Bonchev–Trinajstić information content (AvgIpc) is 2.37. The van der Waals surface area contributed by atoms with Gasteiger partial charge in [-0.15, -0.1) is 11.8 Å². The standard InChI is InChI=1S/C14H14N2O2S/c1-10-3-2-4-11(7-10)9-19-14-6-5-12(16(17)18)8-13(14)15/h2-8H,9,15H2,1H3. The summed E-state index contributed by atoms with van der Waals surface area (Å²) in [6, 6.07) is 12.8. The van der Waals surface area contributed by atoms with Crippen molar-refractivity contribution in [2.24, 2.45) is 0 Å². The highest BCUT2D eigenvalue weighted by Crippen LogP contribution is 2.30. The number of rotatable bonds is 4. The van der Waals surface area contributed by atoms with E-state index in [1.807, 2.05) is 6.07 Å². The van der Waals surface area contributed by atoms with Gasteiger partial charge in [0.2, 0.25) is 0 Å². The molecular formula is C14H14N2O2S. The second-order valence-corrected chi connectivity index (χ2v) is 5.27. The van der Waals surface area contributed by atoms with E-state index in [0.717, 1.165) is 10.6 Å². The first-order valence-electron chi connectivity index (χ1n) is 5.78. The van der Waals surface area contributed by atoms with Crippen LogP contribution in [0.1, 0.15) is 11.1 Å². The number of nitro benzene ring substituents is 1. The van der Waals surface area contributed by atoms with Gasteiger partial charge in [-0.05, 0) is 18.6 Å². The number of nitrogen functional groups attached to an aromatic ring is 1. The minimum atomic E-state index is -0.439. The maximum atomic E-state index is 10.6. The number of thioether (sulfide) groups is 1. The van der Waals surface area contributed by atoms with Crippen LogP contribution in [-0.4, -0.2) is 4.92 Å². The molecule has 0 aliphatic carbocycles. The van der Waals surface area contributed by atoms with Crippen LogP contribution in [0.25, 0.3) is 0 Å². The van der Waals surface area contributed by atoms with Gasteiger partial charge in [-0.2, -0.15) is 0 Å². The van der Waals surface area contributed by atoms with Gasteiger partial charge in [0, 0.05) is 22.8 Å². The van der Waals surface area contributed by atoms with Crippen LogP contribution in [0.3, 0.4) is 0 Å². The predicted molar refractivity (Wildman–Crippen MR) is 78.2 cm³/mol. The lowest BCUT2D eigenvalue weighted by molar-refractivity contribution is -0.384. The highest BCUT2D eigenvalue weighted by Gasteiger charge is 2.09. The third-order valence-corrected chi connectivity index (χ3v) is 3.84. The molecule has 0 saturated carbocycles. The first-order valence-corrected chi connectivity index (χ1v) is 6.77. The van der Waals surface area contributed by atoms with Crippen molar-refractivity contribution >= 4 is 23.1 Å². The summed E-state index contributed by atoms with van der Waals surface area (Å²) in [6.07, 6.45) is 0. The molecule has 4 nitrogen and oxygen atoms in total. The highest BCUT2D eigenvalue weighted by molar-refractivity contribution is 7.98. The Labute approximate surface area is 115 Å². The monoisotopic (exact) mass is 274 g/mol. The molecule has 0 spiro atoms. The number of aryl methyl sites for hydroxylation is 1. The molecule has 0 saturated heterocycles. The van der Waals surface area contributed by atoms with Gasteiger partial charge >= 0.3 is 0 Å². The fraction of sp³-hybridized carbons (Fsp3) is 0.143. The molecule has 0 bridgehead atoms. The van der Waals surface area contributed by atoms with Crippen LogP contribution in [-0.2, 0) is 5.75 Å². The smallest absolute Gasteiger partial charge is 0.271 e. The summed E-state index contributed by atoms with van der Waals surface area (Å²) in [7, 11) is 0. The van der Waals surface area contributed by atoms with Gasteiger partial charge in [0.1, 0.15) is 0 Å². The van der Waals surface area contributed by atoms with Crippen LogP contribution < -0.4 is 5.73 Å². The van der Waals surface area contributed by atoms with Crippen LogP contribution in [0.2, 0.25) is 0 Å². The van der Waals surface area contributed by atoms with Crippen molar-refractivity contribution in [1.29, 1.82) is 0 Å². The molecule has 5 heteroatoms. The summed E-state index contributed by atoms with van der Waals surface area (Å²) < 4.78 is 0. The van der Waals surface area contributed by atoms with Gasteiger partial charge in [-0.25, -0.2) is 0 Å². The molecule has 0 amide bonds. The number of anilines is 1. The Morgan fingerprint density at radius 2 is 2.05 bits per heavy atom. The van der Waals surface area contributed by atoms with Crippen molar-refractivity contribution in [3.05, 3.63) is 63.7 Å². The summed E-state index contributed by atoms with van der Waals surface area (Å²) in [4.78, 5) is 11.1. The maximum Gasteiger partial charge on any atom is 0.271 e. The van der Waals surface area contributed by atoms with Crippen molar-refractivity contribution < 1.29 is 4.92 Å². The van der Waals surface area contributed by atoms with E-state index in [-0.39, 0.29) is 5.69 Å². The molecular weight excluding hydrogens is 260 g/mol. The van der Waals surface area contributed by atoms with E-state index < -0.39 is 4.92 Å². The van der Waals surface area contributed by atoms with E-state index in [0.29, 0.717) is 5.69 Å². The minimum absolute atomic E-state index is 0.0254. The maximum absolute atomic E-state index is 10.6. The predicted octanol–water partition coefficient (Wildman–Crippen LogP) is 3.78. The number of nitrogens with two attached hydrogens (primary N) is 1. The highest BCUT2D eigenvalue weighted by atomic mass is 32.2. The van der Waals surface area contributed by atoms with Crippen LogP contribution >= 0.6 is 11.8 Å². The Morgan fingerprint density at radius 3 is 2.68 bits per heavy atom. The molecule has 0 aliphatic heterocycles. The van der Waals surface area contributed by atoms with Gasteiger partial charge in [0.05, 0.1) is 10.6 Å². The molecule has 0 fully saturated rings. The Hall–Kier alpha value is -2.01. The minimum Gasteiger partial charge on any atom is -0.398 e. The number of hydrogen-bond donors (Lipinski definition) is 1. The second-order valence-electron chi connectivity index (χ2n) is 4.26. The molecule has 2 N–H and O–H groups in total.